The summed E-state index contributed by atoms with van der Waals surface area (Å²) in [7, 11) is 5.55. The maximum atomic E-state index is 12.8. The Balaban J connectivity index is 4.14. The Morgan fingerprint density at radius 2 is 0.721 bits per heavy atom. The Morgan fingerprint density at radius 3 is 1.02 bits per heavy atom. The lowest BCUT2D eigenvalue weighted by Gasteiger charge is -2.31. The van der Waals surface area contributed by atoms with Crippen molar-refractivity contribution in [2.75, 3.05) is 41.0 Å². The molecule has 0 spiro atoms. The highest BCUT2D eigenvalue weighted by molar-refractivity contribution is 5.72. The molecule has 2 unspecified atom stereocenters. The predicted molar refractivity (Wildman–Crippen MR) is 257 cm³/mol. The third-order valence-electron chi connectivity index (χ3n) is 12.5. The SMILES string of the molecule is CCCCCCCCCCCCCCCCCCCCCCCCC(=O)OC(COCCC(C(=O)O)[N+](C)(C)C)COC(=O)CCCCCCCCCCCCCCCCC. The van der Waals surface area contributed by atoms with E-state index in [1.54, 1.807) is 0 Å². The van der Waals surface area contributed by atoms with Crippen LogP contribution in [0.5, 0.6) is 0 Å². The number of carboxylic acid groups (broad SMARTS) is 1. The van der Waals surface area contributed by atoms with E-state index in [1.807, 2.05) is 21.1 Å². The van der Waals surface area contributed by atoms with Crippen molar-refractivity contribution in [3.63, 3.8) is 0 Å². The van der Waals surface area contributed by atoms with Gasteiger partial charge in [-0.15, -0.1) is 0 Å². The monoisotopic (exact) mass is 867 g/mol. The van der Waals surface area contributed by atoms with Gasteiger partial charge in [0.15, 0.2) is 12.1 Å². The normalized spacial score (nSPS) is 12.7. The van der Waals surface area contributed by atoms with Gasteiger partial charge in [0.1, 0.15) is 6.61 Å². The number of quaternary nitrogens is 1. The molecule has 0 amide bonds. The number of hydrogen-bond acceptors (Lipinski definition) is 6. The van der Waals surface area contributed by atoms with Crippen molar-refractivity contribution < 1.29 is 38.2 Å². The second kappa shape index (κ2) is 44.9. The van der Waals surface area contributed by atoms with Crippen LogP contribution in [0.1, 0.15) is 271 Å². The number of rotatable bonds is 49. The Kier molecular flexibility index (Phi) is 43.7. The molecular weight excluding hydrogens is 763 g/mol. The molecule has 0 aliphatic rings. The number of likely N-dealkylation sites (N-methyl/N-ethyl adjacent to an activating group) is 1. The number of carbonyl (C=O) groups is 3. The Morgan fingerprint density at radius 1 is 0.426 bits per heavy atom. The molecule has 0 aromatic heterocycles. The van der Waals surface area contributed by atoms with E-state index >= 15 is 0 Å². The van der Waals surface area contributed by atoms with Gasteiger partial charge >= 0.3 is 17.9 Å². The van der Waals surface area contributed by atoms with Crippen molar-refractivity contribution in [2.24, 2.45) is 0 Å². The van der Waals surface area contributed by atoms with Gasteiger partial charge in [-0.1, -0.05) is 239 Å². The van der Waals surface area contributed by atoms with Crippen LogP contribution in [0.25, 0.3) is 0 Å². The van der Waals surface area contributed by atoms with Gasteiger partial charge in [-0.3, -0.25) is 9.59 Å². The fraction of sp³-hybridized carbons (Fsp3) is 0.943. The highest BCUT2D eigenvalue weighted by Crippen LogP contribution is 2.17. The van der Waals surface area contributed by atoms with Crippen LogP contribution in [0.4, 0.5) is 0 Å². The average molecular weight is 867 g/mol. The number of esters is 2. The van der Waals surface area contributed by atoms with Crippen molar-refractivity contribution in [3.8, 4) is 0 Å². The van der Waals surface area contributed by atoms with E-state index < -0.39 is 18.1 Å². The van der Waals surface area contributed by atoms with Crippen molar-refractivity contribution >= 4 is 17.9 Å². The summed E-state index contributed by atoms with van der Waals surface area (Å²) in [5, 5.41) is 9.65. The van der Waals surface area contributed by atoms with Crippen LogP contribution in [0.15, 0.2) is 0 Å². The molecule has 0 aliphatic heterocycles. The molecule has 0 fully saturated rings. The van der Waals surface area contributed by atoms with Crippen LogP contribution in [-0.2, 0) is 28.6 Å². The maximum absolute atomic E-state index is 12.8. The molecule has 0 heterocycles. The summed E-state index contributed by atoms with van der Waals surface area (Å²) in [4.78, 5) is 37.2. The Bertz CT molecular complexity index is 967. The smallest absolute Gasteiger partial charge is 0.362 e. The Labute approximate surface area is 378 Å². The molecule has 8 heteroatoms. The van der Waals surface area contributed by atoms with Crippen LogP contribution in [-0.4, -0.2) is 80.6 Å². The fourth-order valence-electron chi connectivity index (χ4n) is 8.39. The maximum Gasteiger partial charge on any atom is 0.362 e. The minimum atomic E-state index is -0.868. The molecule has 1 N–H and O–H groups in total. The molecule has 0 radical (unpaired) electrons. The van der Waals surface area contributed by atoms with E-state index in [0.717, 1.165) is 38.5 Å². The highest BCUT2D eigenvalue weighted by atomic mass is 16.6. The van der Waals surface area contributed by atoms with Crippen LogP contribution in [0.2, 0.25) is 0 Å². The quantitative estimate of drug-likeness (QED) is 0.0369. The topological polar surface area (TPSA) is 99.1 Å². The number of nitrogens with zero attached hydrogens (tertiary/aromatic N) is 1. The van der Waals surface area contributed by atoms with E-state index in [4.69, 9.17) is 14.2 Å². The van der Waals surface area contributed by atoms with Gasteiger partial charge in [0.05, 0.1) is 34.4 Å². The lowest BCUT2D eigenvalue weighted by atomic mass is 10.0. The molecule has 8 nitrogen and oxygen atoms in total. The lowest BCUT2D eigenvalue weighted by molar-refractivity contribution is -0.887. The van der Waals surface area contributed by atoms with Crippen LogP contribution in [0.3, 0.4) is 0 Å². The molecule has 362 valence electrons. The first-order valence-electron chi connectivity index (χ1n) is 26.6. The summed E-state index contributed by atoms with van der Waals surface area (Å²) < 4.78 is 17.4. The molecule has 0 aliphatic carbocycles. The van der Waals surface area contributed by atoms with Crippen molar-refractivity contribution in [1.29, 1.82) is 0 Å². The predicted octanol–water partition coefficient (Wildman–Crippen LogP) is 15.3. The number of hydrogen-bond donors (Lipinski definition) is 1. The van der Waals surface area contributed by atoms with E-state index in [9.17, 15) is 19.5 Å². The van der Waals surface area contributed by atoms with E-state index in [2.05, 4.69) is 13.8 Å². The molecule has 0 aromatic carbocycles. The van der Waals surface area contributed by atoms with Crippen LogP contribution < -0.4 is 0 Å². The second-order valence-corrected chi connectivity index (χ2v) is 19.5. The van der Waals surface area contributed by atoms with E-state index in [1.165, 1.54) is 199 Å². The summed E-state index contributed by atoms with van der Waals surface area (Å²) in [5.41, 5.74) is 0. The summed E-state index contributed by atoms with van der Waals surface area (Å²) in [6.07, 6.45) is 48.7. The van der Waals surface area contributed by atoms with Crippen molar-refractivity contribution in [1.82, 2.24) is 0 Å². The molecule has 0 saturated heterocycles. The number of carboxylic acids is 1. The van der Waals surface area contributed by atoms with Gasteiger partial charge < -0.3 is 23.8 Å². The number of unbranched alkanes of at least 4 members (excludes halogenated alkanes) is 35. The zero-order chi connectivity index (χ0) is 44.9. The van der Waals surface area contributed by atoms with Crippen molar-refractivity contribution in [3.05, 3.63) is 0 Å². The first kappa shape index (κ1) is 59.3. The molecule has 61 heavy (non-hydrogen) atoms. The summed E-state index contributed by atoms with van der Waals surface area (Å²) in [6, 6.07) is -0.609. The van der Waals surface area contributed by atoms with Crippen LogP contribution in [0, 0.1) is 0 Å². The summed E-state index contributed by atoms with van der Waals surface area (Å²) in [6.45, 7) is 4.80. The standard InChI is InChI=1S/C53H103NO7/c1-6-8-10-12-14-16-18-20-22-23-24-25-26-27-28-30-32-34-36-38-40-42-44-52(56)61-49(47-59-46-45-50(53(57)58)54(3,4)5)48-60-51(55)43-41-39-37-35-33-31-29-21-19-17-15-13-11-9-7-2/h49-50H,6-48H2,1-5H3/p+1. The fourth-order valence-corrected chi connectivity index (χ4v) is 8.39. The van der Waals surface area contributed by atoms with E-state index in [-0.39, 0.29) is 36.2 Å². The molecule has 2 atom stereocenters. The van der Waals surface area contributed by atoms with Gasteiger partial charge in [-0.2, -0.15) is 0 Å². The first-order valence-corrected chi connectivity index (χ1v) is 26.6. The third kappa shape index (κ3) is 43.4. The van der Waals surface area contributed by atoms with Crippen LogP contribution >= 0.6 is 0 Å². The van der Waals surface area contributed by atoms with E-state index in [0.29, 0.717) is 19.3 Å². The second-order valence-electron chi connectivity index (χ2n) is 19.5. The molecule has 0 aromatic rings. The number of ether oxygens (including phenoxy) is 3. The van der Waals surface area contributed by atoms with Gasteiger partial charge in [-0.05, 0) is 12.8 Å². The zero-order valence-electron chi connectivity index (χ0n) is 41.4. The minimum Gasteiger partial charge on any atom is -0.477 e. The van der Waals surface area contributed by atoms with Gasteiger partial charge in [0.25, 0.3) is 0 Å². The van der Waals surface area contributed by atoms with Crippen molar-refractivity contribution in [2.45, 2.75) is 283 Å². The Hall–Kier alpha value is -1.67. The number of aliphatic carboxylic acids is 1. The minimum absolute atomic E-state index is 0.0413. The summed E-state index contributed by atoms with van der Waals surface area (Å²) >= 11 is 0. The molecule has 0 rings (SSSR count). The van der Waals surface area contributed by atoms with Gasteiger partial charge in [0.2, 0.25) is 0 Å². The summed E-state index contributed by atoms with van der Waals surface area (Å²) in [5.74, 6) is -1.44. The lowest BCUT2D eigenvalue weighted by Crippen LogP contribution is -2.50. The largest absolute Gasteiger partial charge is 0.477 e. The molecule has 0 saturated carbocycles. The highest BCUT2D eigenvalue weighted by Gasteiger charge is 2.31. The molecular formula is C53H104NO7+. The first-order chi connectivity index (χ1) is 29.6. The average Bonchev–Trinajstić information content (AvgIpc) is 3.22. The third-order valence-corrected chi connectivity index (χ3v) is 12.5. The van der Waals surface area contributed by atoms with Gasteiger partial charge in [-0.25, -0.2) is 4.79 Å². The number of carbonyl (C=O) groups excluding carboxylic acids is 2. The zero-order valence-corrected chi connectivity index (χ0v) is 41.4. The van der Waals surface area contributed by atoms with Gasteiger partial charge in [0, 0.05) is 19.3 Å². The molecule has 0 bridgehead atoms.